The average Bonchev–Trinajstić information content (AvgIpc) is 2.46. The molecule has 0 heterocycles. The maximum atomic E-state index is 12.6. The molecule has 0 aromatic heterocycles. The molecule has 0 fully saturated rings. The van der Waals surface area contributed by atoms with Crippen LogP contribution < -0.4 is 0 Å². The summed E-state index contributed by atoms with van der Waals surface area (Å²) in [5, 5.41) is 0. The fourth-order valence-electron chi connectivity index (χ4n) is 2.04. The van der Waals surface area contributed by atoms with Gasteiger partial charge < -0.3 is 0 Å². The standard InChI is InChI=1S/C15H8F6.2ClH.Hf/c16-14(17,18)12-5-1-10(2-6-12)9-11-3-7-13(8-4-11)15(19,20)21;;;/h1-8H;2*1H;/q;;;+2/p-2. The number of benzene rings is 2. The Morgan fingerprint density at radius 3 is 1.12 bits per heavy atom. The van der Waals surface area contributed by atoms with E-state index in [2.05, 4.69) is 0 Å². The van der Waals surface area contributed by atoms with Gasteiger partial charge in [0, 0.05) is 0 Å². The van der Waals surface area contributed by atoms with Crippen LogP contribution in [0.3, 0.4) is 0 Å². The summed E-state index contributed by atoms with van der Waals surface area (Å²) >= 11 is -3.32. The Balaban J connectivity index is 2.43. The van der Waals surface area contributed by atoms with E-state index in [1.165, 1.54) is 24.3 Å². The van der Waals surface area contributed by atoms with Gasteiger partial charge in [-0.05, 0) is 0 Å². The maximum absolute atomic E-state index is 12.6. The van der Waals surface area contributed by atoms with E-state index in [9.17, 15) is 26.3 Å². The molecule has 2 aromatic rings. The molecule has 2 aromatic carbocycles. The van der Waals surface area contributed by atoms with E-state index in [1.54, 1.807) is 0 Å². The van der Waals surface area contributed by atoms with Crippen molar-refractivity contribution >= 4 is 20.4 Å². The first kappa shape index (κ1) is 19.7. The minimum atomic E-state index is -4.47. The van der Waals surface area contributed by atoms with Crippen LogP contribution in [0.25, 0.3) is 0 Å². The molecule has 0 nitrogen and oxygen atoms in total. The second kappa shape index (κ2) is 7.30. The van der Waals surface area contributed by atoms with Crippen LogP contribution in [0.1, 0.15) is 22.3 Å². The molecule has 24 heavy (non-hydrogen) atoms. The molecule has 0 saturated carbocycles. The summed E-state index contributed by atoms with van der Waals surface area (Å²) < 4.78 is 76.1. The molecule has 0 atom stereocenters. The summed E-state index contributed by atoms with van der Waals surface area (Å²) in [7, 11) is 12.1. The van der Waals surface area contributed by atoms with Crippen molar-refractivity contribution in [2.24, 2.45) is 0 Å². The number of halogens is 8. The Bertz CT molecular complexity index is 682. The molecule has 0 radical (unpaired) electrons. The first-order valence-corrected chi connectivity index (χ1v) is 17.1. The molecule has 0 aliphatic heterocycles. The molecule has 128 valence electrons. The van der Waals surface area contributed by atoms with E-state index in [-0.39, 0.29) is 0 Å². The van der Waals surface area contributed by atoms with Gasteiger partial charge in [0.15, 0.2) is 0 Å². The monoisotopic (exact) mass is 552 g/mol. The Labute approximate surface area is 148 Å². The average molecular weight is 552 g/mol. The summed E-state index contributed by atoms with van der Waals surface area (Å²) in [5.74, 6) is 0. The summed E-state index contributed by atoms with van der Waals surface area (Å²) in [6, 6.07) is 8.47. The first-order chi connectivity index (χ1) is 11.0. The van der Waals surface area contributed by atoms with Crippen LogP contribution in [0, 0.1) is 0 Å². The quantitative estimate of drug-likeness (QED) is 0.307. The van der Waals surface area contributed by atoms with Gasteiger partial charge in [0.1, 0.15) is 0 Å². The van der Waals surface area contributed by atoms with Gasteiger partial charge >= 0.3 is 148 Å². The van der Waals surface area contributed by atoms with Crippen molar-refractivity contribution in [2.45, 2.75) is 12.4 Å². The van der Waals surface area contributed by atoms with Crippen LogP contribution in [-0.2, 0) is 30.9 Å². The molecule has 9 heteroatoms. The van der Waals surface area contributed by atoms with E-state index < -0.39 is 42.1 Å². The van der Waals surface area contributed by atoms with Crippen molar-refractivity contribution in [1.82, 2.24) is 0 Å². The van der Waals surface area contributed by atoms with Crippen LogP contribution in [0.5, 0.6) is 0 Å². The Hall–Kier alpha value is -0.660. The molecular formula is C15H8Cl2F6Hf. The van der Waals surface area contributed by atoms with Gasteiger partial charge in [-0.2, -0.15) is 0 Å². The third-order valence-corrected chi connectivity index (χ3v) is 9.72. The van der Waals surface area contributed by atoms with Crippen LogP contribution in [0.4, 0.5) is 26.3 Å². The third kappa shape index (κ3) is 4.70. The predicted octanol–water partition coefficient (Wildman–Crippen LogP) is 6.22. The SMILES string of the molecule is FC(F)(F)c1ccc([C](c2ccc(C(F)(F)F)cc2)=[Hf]([Cl])[Cl])cc1. The molecule has 2 rings (SSSR count). The zero-order valence-electron chi connectivity index (χ0n) is 11.6. The Morgan fingerprint density at radius 2 is 0.917 bits per heavy atom. The second-order valence-corrected chi connectivity index (χ2v) is 16.2. The van der Waals surface area contributed by atoms with Crippen molar-refractivity contribution in [3.05, 3.63) is 70.8 Å². The van der Waals surface area contributed by atoms with Gasteiger partial charge in [0.25, 0.3) is 0 Å². The number of alkyl halides is 6. The molecule has 0 amide bonds. The van der Waals surface area contributed by atoms with E-state index in [0.717, 1.165) is 24.3 Å². The summed E-state index contributed by atoms with van der Waals surface area (Å²) in [5.41, 5.74) is -0.881. The van der Waals surface area contributed by atoms with E-state index >= 15 is 0 Å². The Morgan fingerprint density at radius 1 is 0.625 bits per heavy atom. The van der Waals surface area contributed by atoms with Crippen molar-refractivity contribution in [3.8, 4) is 0 Å². The van der Waals surface area contributed by atoms with Crippen LogP contribution in [0.15, 0.2) is 48.5 Å². The molecule has 0 bridgehead atoms. The molecular weight excluding hydrogens is 544 g/mol. The third-order valence-electron chi connectivity index (χ3n) is 3.19. The van der Waals surface area contributed by atoms with Gasteiger partial charge in [-0.25, -0.2) is 0 Å². The van der Waals surface area contributed by atoms with Crippen molar-refractivity contribution in [2.75, 3.05) is 0 Å². The summed E-state index contributed by atoms with van der Waals surface area (Å²) in [6.07, 6.45) is -8.95. The molecule has 0 saturated heterocycles. The number of hydrogen-bond acceptors (Lipinski definition) is 0. The van der Waals surface area contributed by atoms with Gasteiger partial charge in [-0.15, -0.1) is 0 Å². The van der Waals surface area contributed by atoms with E-state index in [0.29, 0.717) is 14.4 Å². The topological polar surface area (TPSA) is 0 Å². The van der Waals surface area contributed by atoms with Gasteiger partial charge in [0.2, 0.25) is 0 Å². The van der Waals surface area contributed by atoms with Crippen molar-refractivity contribution < 1.29 is 44.9 Å². The van der Waals surface area contributed by atoms with Gasteiger partial charge in [-0.3, -0.25) is 0 Å². The molecule has 0 aliphatic rings. The van der Waals surface area contributed by atoms with Crippen molar-refractivity contribution in [1.29, 1.82) is 0 Å². The normalized spacial score (nSPS) is 12.2. The zero-order valence-corrected chi connectivity index (χ0v) is 16.7. The molecule has 0 N–H and O–H groups in total. The summed E-state index contributed by atoms with van der Waals surface area (Å²) in [6.45, 7) is 0. The van der Waals surface area contributed by atoms with Gasteiger partial charge in [0.05, 0.1) is 0 Å². The number of hydrogen-bond donors (Lipinski definition) is 0. The fourth-order valence-corrected chi connectivity index (χ4v) is 8.37. The van der Waals surface area contributed by atoms with Crippen LogP contribution in [-0.4, -0.2) is 3.26 Å². The fraction of sp³-hybridized carbons (Fsp3) is 0.133. The zero-order chi connectivity index (χ0) is 18.1. The van der Waals surface area contributed by atoms with Crippen LogP contribution in [0.2, 0.25) is 0 Å². The molecule has 0 spiro atoms. The summed E-state index contributed by atoms with van der Waals surface area (Å²) in [4.78, 5) is 0. The van der Waals surface area contributed by atoms with E-state index in [4.69, 9.17) is 17.2 Å². The van der Waals surface area contributed by atoms with Gasteiger partial charge in [-0.1, -0.05) is 0 Å². The second-order valence-electron chi connectivity index (χ2n) is 4.79. The Kier molecular flexibility index (Phi) is 5.98. The first-order valence-electron chi connectivity index (χ1n) is 6.40. The van der Waals surface area contributed by atoms with E-state index in [1.807, 2.05) is 0 Å². The molecule has 0 unspecified atom stereocenters. The molecule has 0 aliphatic carbocycles. The number of rotatable bonds is 2. The minimum absolute atomic E-state index is 0.384. The van der Waals surface area contributed by atoms with Crippen molar-refractivity contribution in [3.63, 3.8) is 0 Å². The van der Waals surface area contributed by atoms with Crippen LogP contribution >= 0.6 is 17.2 Å². The predicted molar refractivity (Wildman–Crippen MR) is 77.8 cm³/mol.